The maximum atomic E-state index is 9.99. The molecule has 122 valence electrons. The van der Waals surface area contributed by atoms with E-state index in [9.17, 15) is 5.11 Å². The van der Waals surface area contributed by atoms with Crippen LogP contribution in [-0.4, -0.2) is 28.7 Å². The lowest BCUT2D eigenvalue weighted by Gasteiger charge is -2.33. The molecule has 1 aliphatic carbocycles. The molecule has 2 aliphatic rings. The Bertz CT molecular complexity index is 500. The van der Waals surface area contributed by atoms with E-state index in [0.717, 1.165) is 36.6 Å². The van der Waals surface area contributed by atoms with Crippen molar-refractivity contribution >= 4 is 15.9 Å². The summed E-state index contributed by atoms with van der Waals surface area (Å²) in [4.78, 5) is 0. The quantitative estimate of drug-likeness (QED) is 0.461. The molecule has 0 radical (unpaired) electrons. The molecule has 1 fully saturated rings. The summed E-state index contributed by atoms with van der Waals surface area (Å²) in [5.74, 6) is 5.37. The van der Waals surface area contributed by atoms with Crippen molar-refractivity contribution in [3.8, 4) is 11.8 Å². The van der Waals surface area contributed by atoms with E-state index in [1.165, 1.54) is 0 Å². The van der Waals surface area contributed by atoms with Crippen LogP contribution in [0.3, 0.4) is 0 Å². The predicted molar refractivity (Wildman–Crippen MR) is 91.5 cm³/mol. The van der Waals surface area contributed by atoms with Gasteiger partial charge in [0, 0.05) is 4.48 Å². The van der Waals surface area contributed by atoms with Crippen LogP contribution >= 0.6 is 15.9 Å². The molecule has 0 saturated carbocycles. The minimum Gasteiger partial charge on any atom is -0.380 e. The third-order valence-corrected chi connectivity index (χ3v) is 4.99. The summed E-state index contributed by atoms with van der Waals surface area (Å²) < 4.78 is 13.2. The molecule has 1 aliphatic heterocycles. The van der Waals surface area contributed by atoms with Gasteiger partial charge in [0.1, 0.15) is 11.7 Å². The first-order valence-corrected chi connectivity index (χ1v) is 8.73. The molecule has 0 bridgehead atoms. The van der Waals surface area contributed by atoms with Crippen LogP contribution in [0.5, 0.6) is 0 Å². The summed E-state index contributed by atoms with van der Waals surface area (Å²) in [7, 11) is 0. The van der Waals surface area contributed by atoms with E-state index in [1.54, 1.807) is 0 Å². The van der Waals surface area contributed by atoms with Gasteiger partial charge in [-0.1, -0.05) is 39.9 Å². The Hall–Kier alpha value is -0.600. The number of halogens is 1. The predicted octanol–water partition coefficient (Wildman–Crippen LogP) is 4.06. The second kappa shape index (κ2) is 7.31. The molecule has 1 unspecified atom stereocenters. The van der Waals surface area contributed by atoms with Crippen molar-refractivity contribution in [2.45, 2.75) is 76.0 Å². The summed E-state index contributed by atoms with van der Waals surface area (Å²) in [5, 5.41) is 9.99. The van der Waals surface area contributed by atoms with Gasteiger partial charge in [-0.3, -0.25) is 0 Å². The maximum Gasteiger partial charge on any atom is 0.166 e. The molecule has 1 heterocycles. The zero-order valence-electron chi connectivity index (χ0n) is 13.4. The van der Waals surface area contributed by atoms with E-state index in [2.05, 4.69) is 40.4 Å². The first-order chi connectivity index (χ1) is 10.4. The smallest absolute Gasteiger partial charge is 0.166 e. The molecule has 2 rings (SSSR count). The summed E-state index contributed by atoms with van der Waals surface area (Å²) in [6, 6.07) is 0. The van der Waals surface area contributed by atoms with Gasteiger partial charge in [0.2, 0.25) is 0 Å². The zero-order valence-corrected chi connectivity index (χ0v) is 15.0. The SMILES string of the molecule is C=CCCCC(O)C#C[C@@H]1OC(C)(C)O[C@]12CCCC=C2Br. The van der Waals surface area contributed by atoms with Crippen LogP contribution in [0.15, 0.2) is 23.2 Å². The second-order valence-electron chi connectivity index (χ2n) is 6.36. The molecule has 3 nitrogen and oxygen atoms in total. The highest BCUT2D eigenvalue weighted by atomic mass is 79.9. The molecule has 0 aromatic rings. The molecule has 4 heteroatoms. The van der Waals surface area contributed by atoms with Crippen molar-refractivity contribution in [3.05, 3.63) is 23.2 Å². The average molecular weight is 369 g/mol. The lowest BCUT2D eigenvalue weighted by atomic mass is 9.86. The van der Waals surface area contributed by atoms with Gasteiger partial charge in [0.15, 0.2) is 11.9 Å². The van der Waals surface area contributed by atoms with Crippen LogP contribution in [0.1, 0.15) is 52.4 Å². The van der Waals surface area contributed by atoms with E-state index < -0.39 is 17.5 Å². The fourth-order valence-electron chi connectivity index (χ4n) is 2.98. The van der Waals surface area contributed by atoms with E-state index in [-0.39, 0.29) is 6.10 Å². The van der Waals surface area contributed by atoms with Gasteiger partial charge < -0.3 is 14.6 Å². The Morgan fingerprint density at radius 1 is 1.59 bits per heavy atom. The number of rotatable bonds is 4. The van der Waals surface area contributed by atoms with Crippen molar-refractivity contribution in [2.24, 2.45) is 0 Å². The standard InChI is InChI=1S/C18H25BrO3/c1-4-5-6-9-14(20)11-12-16-18(22-17(2,3)21-16)13-8-7-10-15(18)19/h4,10,14,16,20H,1,5-9,13H2,2-3H3/t14?,16-,18-/m0/s1. The topological polar surface area (TPSA) is 38.7 Å². The van der Waals surface area contributed by atoms with Crippen molar-refractivity contribution in [2.75, 3.05) is 0 Å². The van der Waals surface area contributed by atoms with E-state index in [1.807, 2.05) is 19.9 Å². The highest BCUT2D eigenvalue weighted by Gasteiger charge is 2.54. The number of aliphatic hydroxyl groups is 1. The molecule has 0 amide bonds. The van der Waals surface area contributed by atoms with Crippen LogP contribution in [0.25, 0.3) is 0 Å². The Kier molecular flexibility index (Phi) is 5.90. The highest BCUT2D eigenvalue weighted by molar-refractivity contribution is 9.11. The summed E-state index contributed by atoms with van der Waals surface area (Å²) in [6.45, 7) is 7.50. The minimum absolute atomic E-state index is 0.359. The third-order valence-electron chi connectivity index (χ3n) is 4.00. The van der Waals surface area contributed by atoms with Crippen molar-refractivity contribution in [1.29, 1.82) is 0 Å². The number of hydrogen-bond acceptors (Lipinski definition) is 3. The number of allylic oxidation sites excluding steroid dienone is 2. The summed E-state index contributed by atoms with van der Waals surface area (Å²) in [5.41, 5.74) is -0.532. The van der Waals surface area contributed by atoms with Crippen LogP contribution in [0, 0.1) is 11.8 Å². The lowest BCUT2D eigenvalue weighted by Crippen LogP contribution is -2.41. The van der Waals surface area contributed by atoms with Gasteiger partial charge in [0.05, 0.1) is 0 Å². The molecule has 1 N–H and O–H groups in total. The largest absolute Gasteiger partial charge is 0.380 e. The van der Waals surface area contributed by atoms with Crippen LogP contribution in [0.4, 0.5) is 0 Å². The molecular formula is C18H25BrO3. The molecule has 1 spiro atoms. The number of aliphatic hydroxyl groups excluding tert-OH is 1. The van der Waals surface area contributed by atoms with Crippen molar-refractivity contribution < 1.29 is 14.6 Å². The first kappa shape index (κ1) is 17.7. The van der Waals surface area contributed by atoms with E-state index in [4.69, 9.17) is 9.47 Å². The molecule has 3 atom stereocenters. The Morgan fingerprint density at radius 3 is 3.05 bits per heavy atom. The van der Waals surface area contributed by atoms with Gasteiger partial charge in [-0.2, -0.15) is 0 Å². The number of hydrogen-bond donors (Lipinski definition) is 1. The van der Waals surface area contributed by atoms with Crippen molar-refractivity contribution in [1.82, 2.24) is 0 Å². The monoisotopic (exact) mass is 368 g/mol. The number of unbranched alkanes of at least 4 members (excludes halogenated alkanes) is 1. The Morgan fingerprint density at radius 2 is 2.36 bits per heavy atom. The van der Waals surface area contributed by atoms with Gasteiger partial charge in [-0.05, 0) is 52.4 Å². The van der Waals surface area contributed by atoms with Gasteiger partial charge >= 0.3 is 0 Å². The molecule has 1 saturated heterocycles. The normalized spacial score (nSPS) is 31.3. The Labute approximate surface area is 141 Å². The number of ether oxygens (including phenoxy) is 2. The molecule has 22 heavy (non-hydrogen) atoms. The van der Waals surface area contributed by atoms with Crippen LogP contribution in [-0.2, 0) is 9.47 Å². The summed E-state index contributed by atoms with van der Waals surface area (Å²) in [6.07, 6.45) is 8.41. The van der Waals surface area contributed by atoms with E-state index in [0.29, 0.717) is 6.42 Å². The average Bonchev–Trinajstić information content (AvgIpc) is 2.72. The molecular weight excluding hydrogens is 344 g/mol. The molecule has 0 aromatic carbocycles. The van der Waals surface area contributed by atoms with Crippen molar-refractivity contribution in [3.63, 3.8) is 0 Å². The van der Waals surface area contributed by atoms with Crippen LogP contribution in [0.2, 0.25) is 0 Å². The lowest BCUT2D eigenvalue weighted by molar-refractivity contribution is -0.155. The zero-order chi connectivity index (χ0) is 16.2. The fourth-order valence-corrected chi connectivity index (χ4v) is 3.70. The fraction of sp³-hybridized carbons (Fsp3) is 0.667. The van der Waals surface area contributed by atoms with E-state index >= 15 is 0 Å². The second-order valence-corrected chi connectivity index (χ2v) is 7.21. The van der Waals surface area contributed by atoms with Gasteiger partial charge in [-0.25, -0.2) is 0 Å². The summed E-state index contributed by atoms with van der Waals surface area (Å²) >= 11 is 3.64. The van der Waals surface area contributed by atoms with Gasteiger partial charge in [-0.15, -0.1) is 6.58 Å². The highest BCUT2D eigenvalue weighted by Crippen LogP contribution is 2.48. The third kappa shape index (κ3) is 4.02. The Balaban J connectivity index is 2.12. The van der Waals surface area contributed by atoms with Crippen LogP contribution < -0.4 is 0 Å². The minimum atomic E-state index is -0.669. The first-order valence-electron chi connectivity index (χ1n) is 7.94. The van der Waals surface area contributed by atoms with Gasteiger partial charge in [0.25, 0.3) is 0 Å². The molecule has 0 aromatic heterocycles. The maximum absolute atomic E-state index is 9.99.